The van der Waals surface area contributed by atoms with Crippen molar-refractivity contribution in [2.24, 2.45) is 11.7 Å². The van der Waals surface area contributed by atoms with Crippen LogP contribution in [0.1, 0.15) is 85.8 Å². The second kappa shape index (κ2) is 18.2. The summed E-state index contributed by atoms with van der Waals surface area (Å²) >= 11 is 0. The summed E-state index contributed by atoms with van der Waals surface area (Å²) in [6.07, 6.45) is 11.2. The molecule has 11 nitrogen and oxygen atoms in total. The first-order valence-electron chi connectivity index (χ1n) is 18.2. The van der Waals surface area contributed by atoms with Gasteiger partial charge in [-0.1, -0.05) is 62.8 Å². The molecule has 0 spiro atoms. The number of likely N-dealkylation sites (N-methyl/N-ethyl adjacent to an activating group) is 1. The predicted octanol–water partition coefficient (Wildman–Crippen LogP) is 3.84. The summed E-state index contributed by atoms with van der Waals surface area (Å²) in [7, 11) is 1.95. The molecular formula is C38H52FN7O4. The van der Waals surface area contributed by atoms with Gasteiger partial charge in [0.05, 0.1) is 29.2 Å². The number of hydrogen-bond donors (Lipinski definition) is 3. The molecule has 3 aromatic rings. The third kappa shape index (κ3) is 9.97. The van der Waals surface area contributed by atoms with Gasteiger partial charge in [-0.15, -0.1) is 0 Å². The van der Waals surface area contributed by atoms with E-state index in [1.165, 1.54) is 25.3 Å². The highest BCUT2D eigenvalue weighted by molar-refractivity contribution is 5.95. The summed E-state index contributed by atoms with van der Waals surface area (Å²) in [5, 5.41) is 11.0. The van der Waals surface area contributed by atoms with Crippen LogP contribution in [0.25, 0.3) is 10.8 Å². The Morgan fingerprint density at radius 1 is 0.960 bits per heavy atom. The Bertz CT molecular complexity index is 1670. The van der Waals surface area contributed by atoms with Gasteiger partial charge in [0, 0.05) is 44.5 Å². The number of carbonyl (C=O) groups excluding carboxylic acids is 3. The number of hydrogen-bond acceptors (Lipinski definition) is 7. The zero-order valence-corrected chi connectivity index (χ0v) is 29.3. The average molecular weight is 690 g/mol. The van der Waals surface area contributed by atoms with Gasteiger partial charge in [0.2, 0.25) is 11.8 Å². The lowest BCUT2D eigenvalue weighted by Gasteiger charge is -2.35. The van der Waals surface area contributed by atoms with Gasteiger partial charge < -0.3 is 20.9 Å². The van der Waals surface area contributed by atoms with E-state index in [0.29, 0.717) is 73.6 Å². The standard InChI is InChI=1S/C38H52FN7O4/c1-44(19-11-4-2-3-10-18-41-37(49)35(40)28-12-6-5-7-13-28)26-34(47)45-20-22-46(23-21-45)38(50)31-24-27(16-17-32(31)39)25-33-29-14-8-9-15-30(29)36(48)43-42-33/h8-9,14-17,24,28,35H,2-7,10-13,18-23,25-26,40H2,1H3,(H,41,49)(H,43,48)/t35-/m1/s1. The summed E-state index contributed by atoms with van der Waals surface area (Å²) in [6, 6.07) is 11.3. The fourth-order valence-corrected chi connectivity index (χ4v) is 7.16. The van der Waals surface area contributed by atoms with Gasteiger partial charge in [-0.2, -0.15) is 5.10 Å². The topological polar surface area (TPSA) is 145 Å². The van der Waals surface area contributed by atoms with Crippen LogP contribution in [0, 0.1) is 11.7 Å². The van der Waals surface area contributed by atoms with E-state index in [4.69, 9.17) is 5.73 Å². The van der Waals surface area contributed by atoms with E-state index in [-0.39, 0.29) is 29.0 Å². The number of nitrogens with two attached hydrogens (primary N) is 1. The first-order chi connectivity index (χ1) is 24.2. The minimum absolute atomic E-state index is 0.0116. The van der Waals surface area contributed by atoms with Crippen molar-refractivity contribution in [1.29, 1.82) is 0 Å². The molecule has 1 aromatic heterocycles. The van der Waals surface area contributed by atoms with Gasteiger partial charge in [0.15, 0.2) is 0 Å². The Kier molecular flexibility index (Phi) is 13.5. The molecule has 12 heteroatoms. The maximum atomic E-state index is 14.9. The van der Waals surface area contributed by atoms with Crippen molar-refractivity contribution in [3.63, 3.8) is 0 Å². The molecule has 2 aromatic carbocycles. The molecule has 0 unspecified atom stereocenters. The Balaban J connectivity index is 0.980. The van der Waals surface area contributed by atoms with E-state index < -0.39 is 11.7 Å². The quantitative estimate of drug-likeness (QED) is 0.206. The van der Waals surface area contributed by atoms with Crippen LogP contribution in [0.3, 0.4) is 0 Å². The van der Waals surface area contributed by atoms with Crippen LogP contribution in [-0.4, -0.2) is 102 Å². The van der Waals surface area contributed by atoms with Crippen LogP contribution in [0.5, 0.6) is 0 Å². The predicted molar refractivity (Wildman–Crippen MR) is 192 cm³/mol. The van der Waals surface area contributed by atoms with Crippen LogP contribution >= 0.6 is 0 Å². The largest absolute Gasteiger partial charge is 0.355 e. The van der Waals surface area contributed by atoms with Crippen LogP contribution in [0.15, 0.2) is 47.3 Å². The number of rotatable bonds is 15. The molecule has 2 fully saturated rings. The van der Waals surface area contributed by atoms with Crippen LogP contribution in [0.4, 0.5) is 4.39 Å². The van der Waals surface area contributed by atoms with Gasteiger partial charge in [-0.05, 0) is 69.0 Å². The van der Waals surface area contributed by atoms with Crippen molar-refractivity contribution in [2.75, 3.05) is 52.9 Å². The van der Waals surface area contributed by atoms with E-state index >= 15 is 0 Å². The molecule has 0 radical (unpaired) electrons. The lowest BCUT2D eigenvalue weighted by atomic mass is 9.84. The van der Waals surface area contributed by atoms with Gasteiger partial charge in [-0.3, -0.25) is 24.1 Å². The zero-order valence-electron chi connectivity index (χ0n) is 29.3. The van der Waals surface area contributed by atoms with E-state index in [2.05, 4.69) is 15.5 Å². The molecule has 1 aliphatic heterocycles. The third-order valence-electron chi connectivity index (χ3n) is 10.2. The monoisotopic (exact) mass is 689 g/mol. The number of nitrogens with zero attached hydrogens (tertiary/aromatic N) is 4. The molecule has 4 N–H and O–H groups in total. The fraction of sp³-hybridized carbons (Fsp3) is 0.553. The number of benzene rings is 2. The normalized spacial score (nSPS) is 16.2. The van der Waals surface area contributed by atoms with Crippen LogP contribution in [-0.2, 0) is 16.0 Å². The van der Waals surface area contributed by atoms with E-state index in [9.17, 15) is 23.6 Å². The smallest absolute Gasteiger partial charge is 0.272 e. The molecule has 0 bridgehead atoms. The second-order valence-electron chi connectivity index (χ2n) is 13.9. The first-order valence-corrected chi connectivity index (χ1v) is 18.2. The molecule has 1 saturated heterocycles. The Hall–Kier alpha value is -4.16. The number of halogens is 1. The van der Waals surface area contributed by atoms with E-state index in [0.717, 1.165) is 51.5 Å². The number of aromatic amines is 1. The number of amides is 3. The summed E-state index contributed by atoms with van der Waals surface area (Å²) in [5.74, 6) is -0.667. The Morgan fingerprint density at radius 3 is 2.40 bits per heavy atom. The molecule has 2 heterocycles. The van der Waals surface area contributed by atoms with E-state index in [1.807, 2.05) is 24.1 Å². The lowest BCUT2D eigenvalue weighted by molar-refractivity contribution is -0.133. The fourth-order valence-electron chi connectivity index (χ4n) is 7.16. The number of carbonyl (C=O) groups is 3. The summed E-state index contributed by atoms with van der Waals surface area (Å²) in [4.78, 5) is 56.3. The average Bonchev–Trinajstić information content (AvgIpc) is 3.14. The van der Waals surface area contributed by atoms with Crippen LogP contribution in [0.2, 0.25) is 0 Å². The maximum Gasteiger partial charge on any atom is 0.272 e. The third-order valence-corrected chi connectivity index (χ3v) is 10.2. The SMILES string of the molecule is CN(CCCCCCCNC(=O)[C@H](N)C1CCCCC1)CC(=O)N1CCN(C(=O)c2cc(Cc3n[nH]c(=O)c4ccccc34)ccc2F)CC1. The van der Waals surface area contributed by atoms with Crippen LogP contribution < -0.4 is 16.6 Å². The Morgan fingerprint density at radius 2 is 1.64 bits per heavy atom. The van der Waals surface area contributed by atoms with Gasteiger partial charge in [0.1, 0.15) is 5.82 Å². The molecule has 2 aliphatic rings. The highest BCUT2D eigenvalue weighted by atomic mass is 19.1. The highest BCUT2D eigenvalue weighted by Crippen LogP contribution is 2.26. The minimum atomic E-state index is -0.598. The molecular weight excluding hydrogens is 637 g/mol. The number of piperazine rings is 1. The van der Waals surface area contributed by atoms with Crippen molar-refractivity contribution in [3.8, 4) is 0 Å². The summed E-state index contributed by atoms with van der Waals surface area (Å²) < 4.78 is 14.9. The van der Waals surface area contributed by atoms with Gasteiger partial charge >= 0.3 is 0 Å². The van der Waals surface area contributed by atoms with Crippen molar-refractivity contribution in [3.05, 3.63) is 75.5 Å². The number of H-pyrrole nitrogens is 1. The number of nitrogens with one attached hydrogen (secondary N) is 2. The molecule has 1 aliphatic carbocycles. The zero-order chi connectivity index (χ0) is 35.5. The second-order valence-corrected chi connectivity index (χ2v) is 13.9. The van der Waals surface area contributed by atoms with E-state index in [1.54, 1.807) is 34.1 Å². The molecule has 5 rings (SSSR count). The number of unbranched alkanes of at least 4 members (excludes halogenated alkanes) is 4. The van der Waals surface area contributed by atoms with Crippen molar-refractivity contribution in [2.45, 2.75) is 76.7 Å². The number of fused-ring (bicyclic) bond motifs is 1. The molecule has 1 atom stereocenters. The van der Waals surface area contributed by atoms with Gasteiger partial charge in [0.25, 0.3) is 11.5 Å². The number of aromatic nitrogens is 2. The van der Waals surface area contributed by atoms with Crippen molar-refractivity contribution >= 4 is 28.5 Å². The summed E-state index contributed by atoms with van der Waals surface area (Å²) in [5.41, 5.74) is 7.23. The molecule has 270 valence electrons. The van der Waals surface area contributed by atoms with Crippen molar-refractivity contribution in [1.82, 2.24) is 30.2 Å². The molecule has 1 saturated carbocycles. The molecule has 3 amide bonds. The Labute approximate surface area is 293 Å². The summed E-state index contributed by atoms with van der Waals surface area (Å²) in [6.45, 7) is 3.25. The van der Waals surface area contributed by atoms with Crippen molar-refractivity contribution < 1.29 is 18.8 Å². The first kappa shape index (κ1) is 37.1. The van der Waals surface area contributed by atoms with Gasteiger partial charge in [-0.25, -0.2) is 9.49 Å². The lowest BCUT2D eigenvalue weighted by Crippen LogP contribution is -2.52. The molecule has 50 heavy (non-hydrogen) atoms. The maximum absolute atomic E-state index is 14.9. The minimum Gasteiger partial charge on any atom is -0.355 e. The highest BCUT2D eigenvalue weighted by Gasteiger charge is 2.28.